The molecule has 1 saturated carbocycles. The summed E-state index contributed by atoms with van der Waals surface area (Å²) < 4.78 is 0. The van der Waals surface area contributed by atoms with Crippen molar-refractivity contribution in [3.63, 3.8) is 0 Å². The van der Waals surface area contributed by atoms with Crippen LogP contribution in [0.2, 0.25) is 0 Å². The van der Waals surface area contributed by atoms with Gasteiger partial charge in [0.05, 0.1) is 12.1 Å². The lowest BCUT2D eigenvalue weighted by molar-refractivity contribution is -0.0719. The molecule has 3 rings (SSSR count). The molecule has 0 aromatic heterocycles. The summed E-state index contributed by atoms with van der Waals surface area (Å²) in [4.78, 5) is 12.3. The number of aliphatic hydroxyl groups excluding tert-OH is 1. The van der Waals surface area contributed by atoms with Crippen molar-refractivity contribution in [1.82, 2.24) is 4.90 Å². The molecule has 1 aliphatic carbocycles. The minimum Gasteiger partial charge on any atom is -0.465 e. The van der Waals surface area contributed by atoms with Crippen molar-refractivity contribution in [2.75, 3.05) is 0 Å². The van der Waals surface area contributed by atoms with Gasteiger partial charge in [0.2, 0.25) is 0 Å². The fraction of sp³-hybridized carbons (Fsp3) is 0.889. The molecule has 0 spiro atoms. The summed E-state index contributed by atoms with van der Waals surface area (Å²) in [6, 6.07) is -0.0721. The Labute approximate surface area is 77.2 Å². The number of hydrogen-bond donors (Lipinski definition) is 2. The van der Waals surface area contributed by atoms with Gasteiger partial charge in [-0.2, -0.15) is 0 Å². The number of carbonyl (C=O) groups is 1. The van der Waals surface area contributed by atoms with Crippen LogP contribution in [0, 0.1) is 5.92 Å². The van der Waals surface area contributed by atoms with E-state index in [2.05, 4.69) is 0 Å². The Hall–Kier alpha value is -0.770. The van der Waals surface area contributed by atoms with E-state index in [0.29, 0.717) is 5.92 Å². The highest BCUT2D eigenvalue weighted by Gasteiger charge is 2.46. The van der Waals surface area contributed by atoms with Crippen molar-refractivity contribution in [3.05, 3.63) is 0 Å². The highest BCUT2D eigenvalue weighted by atomic mass is 16.4. The first-order valence-corrected chi connectivity index (χ1v) is 4.80. The summed E-state index contributed by atoms with van der Waals surface area (Å²) in [5.41, 5.74) is 0. The number of amides is 1. The molecule has 4 nitrogen and oxygen atoms in total. The summed E-state index contributed by atoms with van der Waals surface area (Å²) in [5.74, 6) is 0.357. The molecule has 2 bridgehead atoms. The Morgan fingerprint density at radius 1 is 1.46 bits per heavy atom. The van der Waals surface area contributed by atoms with Gasteiger partial charge >= 0.3 is 6.09 Å². The zero-order valence-corrected chi connectivity index (χ0v) is 7.68. The summed E-state index contributed by atoms with van der Waals surface area (Å²) in [7, 11) is 0. The van der Waals surface area contributed by atoms with Gasteiger partial charge in [0, 0.05) is 6.04 Å². The van der Waals surface area contributed by atoms with E-state index in [1.165, 1.54) is 4.90 Å². The number of piperidine rings is 2. The molecule has 3 aliphatic rings. The summed E-state index contributed by atoms with van der Waals surface area (Å²) >= 11 is 0. The van der Waals surface area contributed by atoms with Crippen LogP contribution in [-0.4, -0.2) is 39.4 Å². The molecule has 3 fully saturated rings. The largest absolute Gasteiger partial charge is 0.465 e. The molecule has 4 heteroatoms. The van der Waals surface area contributed by atoms with Gasteiger partial charge in [0.1, 0.15) is 0 Å². The Kier molecular flexibility index (Phi) is 1.95. The van der Waals surface area contributed by atoms with Crippen molar-refractivity contribution < 1.29 is 15.0 Å². The van der Waals surface area contributed by atoms with Crippen molar-refractivity contribution in [3.8, 4) is 0 Å². The van der Waals surface area contributed by atoms with Gasteiger partial charge in [-0.15, -0.1) is 0 Å². The first-order chi connectivity index (χ1) is 6.11. The maximum Gasteiger partial charge on any atom is 0.407 e. The molecule has 1 amide bonds. The minimum absolute atomic E-state index is 0.0830. The molecular formula is C9H15NO3. The molecule has 2 aliphatic heterocycles. The Morgan fingerprint density at radius 3 is 2.62 bits per heavy atom. The minimum atomic E-state index is -0.888. The standard InChI is InChI=1S/C9H15NO3/c1-5-6-2-3-7(8(11)4-6)10(5)9(12)13/h5-8,11H,2-4H2,1H3,(H,12,13)/t5-,6-,7+,8-/m1/s1. The third kappa shape index (κ3) is 1.20. The zero-order valence-electron chi connectivity index (χ0n) is 7.68. The van der Waals surface area contributed by atoms with Crippen LogP contribution in [0.1, 0.15) is 26.2 Å². The van der Waals surface area contributed by atoms with E-state index >= 15 is 0 Å². The van der Waals surface area contributed by atoms with E-state index in [0.717, 1.165) is 19.3 Å². The van der Waals surface area contributed by atoms with Crippen LogP contribution in [0.4, 0.5) is 4.79 Å². The highest BCUT2D eigenvalue weighted by Crippen LogP contribution is 2.39. The van der Waals surface area contributed by atoms with Crippen LogP contribution in [0.5, 0.6) is 0 Å². The first-order valence-electron chi connectivity index (χ1n) is 4.80. The third-order valence-electron chi connectivity index (χ3n) is 3.52. The van der Waals surface area contributed by atoms with Gasteiger partial charge in [-0.25, -0.2) is 4.79 Å². The summed E-state index contributed by atoms with van der Waals surface area (Å²) in [5, 5.41) is 18.6. The fourth-order valence-electron chi connectivity index (χ4n) is 2.77. The van der Waals surface area contributed by atoms with Crippen LogP contribution in [0.3, 0.4) is 0 Å². The monoisotopic (exact) mass is 185 g/mol. The second-order valence-corrected chi connectivity index (χ2v) is 4.14. The maximum absolute atomic E-state index is 10.9. The van der Waals surface area contributed by atoms with E-state index in [1.807, 2.05) is 6.92 Å². The predicted octanol–water partition coefficient (Wildman–Crippen LogP) is 0.898. The fourth-order valence-corrected chi connectivity index (χ4v) is 2.77. The average molecular weight is 185 g/mol. The van der Waals surface area contributed by atoms with Gasteiger partial charge in [0.25, 0.3) is 0 Å². The molecule has 2 saturated heterocycles. The van der Waals surface area contributed by atoms with E-state index in [4.69, 9.17) is 5.11 Å². The van der Waals surface area contributed by atoms with Gasteiger partial charge in [-0.1, -0.05) is 0 Å². The molecule has 0 unspecified atom stereocenters. The molecule has 2 N–H and O–H groups in total. The van der Waals surface area contributed by atoms with E-state index in [1.54, 1.807) is 0 Å². The molecule has 0 aromatic carbocycles. The predicted molar refractivity (Wildman–Crippen MR) is 46.5 cm³/mol. The van der Waals surface area contributed by atoms with Gasteiger partial charge in [-0.3, -0.25) is 4.90 Å². The lowest BCUT2D eigenvalue weighted by atomic mass is 9.74. The van der Waals surface area contributed by atoms with E-state index in [-0.39, 0.29) is 12.1 Å². The molecule has 0 radical (unpaired) electrons. The molecule has 2 heterocycles. The van der Waals surface area contributed by atoms with Crippen molar-refractivity contribution in [2.45, 2.75) is 44.4 Å². The summed E-state index contributed by atoms with van der Waals surface area (Å²) in [6.45, 7) is 1.94. The lowest BCUT2D eigenvalue weighted by Gasteiger charge is -2.51. The molecular weight excluding hydrogens is 170 g/mol. The number of fused-ring (bicyclic) bond motifs is 3. The number of rotatable bonds is 0. The third-order valence-corrected chi connectivity index (χ3v) is 3.52. The molecule has 13 heavy (non-hydrogen) atoms. The Morgan fingerprint density at radius 2 is 2.15 bits per heavy atom. The van der Waals surface area contributed by atoms with Crippen molar-refractivity contribution in [1.29, 1.82) is 0 Å². The lowest BCUT2D eigenvalue weighted by Crippen LogP contribution is -2.61. The van der Waals surface area contributed by atoms with Crippen LogP contribution in [-0.2, 0) is 0 Å². The second kappa shape index (κ2) is 2.87. The van der Waals surface area contributed by atoms with Crippen LogP contribution < -0.4 is 0 Å². The number of nitrogens with zero attached hydrogens (tertiary/aromatic N) is 1. The Bertz CT molecular complexity index is 231. The maximum atomic E-state index is 10.9. The number of aliphatic hydroxyl groups is 1. The Balaban J connectivity index is 2.23. The van der Waals surface area contributed by atoms with E-state index in [9.17, 15) is 9.90 Å². The van der Waals surface area contributed by atoms with Gasteiger partial charge in [0.15, 0.2) is 0 Å². The smallest absolute Gasteiger partial charge is 0.407 e. The highest BCUT2D eigenvalue weighted by molar-refractivity contribution is 5.66. The van der Waals surface area contributed by atoms with Crippen LogP contribution >= 0.6 is 0 Å². The van der Waals surface area contributed by atoms with Gasteiger partial charge < -0.3 is 10.2 Å². The SMILES string of the molecule is C[C@@H]1[C@@H]2CC[C@@H]([C@H](O)C2)N1C(=O)O. The summed E-state index contributed by atoms with van der Waals surface area (Å²) in [6.07, 6.45) is 1.33. The zero-order chi connectivity index (χ0) is 9.59. The second-order valence-electron chi connectivity index (χ2n) is 4.14. The van der Waals surface area contributed by atoms with Crippen LogP contribution in [0.15, 0.2) is 0 Å². The molecule has 4 atom stereocenters. The van der Waals surface area contributed by atoms with Crippen molar-refractivity contribution >= 4 is 6.09 Å². The van der Waals surface area contributed by atoms with Crippen molar-refractivity contribution in [2.24, 2.45) is 5.92 Å². The topological polar surface area (TPSA) is 60.8 Å². The van der Waals surface area contributed by atoms with Gasteiger partial charge in [-0.05, 0) is 32.1 Å². The first kappa shape index (κ1) is 8.81. The number of hydrogen-bond acceptors (Lipinski definition) is 2. The molecule has 0 aromatic rings. The molecule has 74 valence electrons. The average Bonchev–Trinajstić information content (AvgIpc) is 2.06. The quantitative estimate of drug-likeness (QED) is 0.589. The number of carboxylic acid groups (broad SMARTS) is 1. The normalized spacial score (nSPS) is 43.7. The van der Waals surface area contributed by atoms with E-state index < -0.39 is 12.2 Å². The van der Waals surface area contributed by atoms with Crippen LogP contribution in [0.25, 0.3) is 0 Å².